The van der Waals surface area contributed by atoms with Crippen molar-refractivity contribution in [1.82, 2.24) is 14.1 Å². The van der Waals surface area contributed by atoms with Gasteiger partial charge in [-0.2, -0.15) is 18.4 Å². The second-order valence-electron chi connectivity index (χ2n) is 11.2. The fraction of sp³-hybridized carbons (Fsp3) is 0.0526. The SMILES string of the molecule is Cc1ccc2c(c1)c1ccccc1n2-c1cncc(-n2c3ccccc3c3cc(C(F)(F)F)ccc32)c1-c1cccc(C#N)c1. The van der Waals surface area contributed by atoms with E-state index < -0.39 is 11.7 Å². The largest absolute Gasteiger partial charge is 0.416 e. The molecule has 5 aromatic carbocycles. The minimum Gasteiger partial charge on any atom is -0.307 e. The molecule has 0 radical (unpaired) electrons. The van der Waals surface area contributed by atoms with E-state index in [4.69, 9.17) is 4.98 Å². The quantitative estimate of drug-likeness (QED) is 0.205. The van der Waals surface area contributed by atoms with Gasteiger partial charge in [-0.1, -0.05) is 60.2 Å². The summed E-state index contributed by atoms with van der Waals surface area (Å²) < 4.78 is 45.7. The number of hydrogen-bond donors (Lipinski definition) is 0. The maximum atomic E-state index is 13.8. The van der Waals surface area contributed by atoms with Gasteiger partial charge in [-0.05, 0) is 67.1 Å². The lowest BCUT2D eigenvalue weighted by Crippen LogP contribution is -2.06. The van der Waals surface area contributed by atoms with Crippen molar-refractivity contribution >= 4 is 43.6 Å². The van der Waals surface area contributed by atoms with E-state index in [9.17, 15) is 18.4 Å². The molecule has 0 aliphatic heterocycles. The number of aromatic nitrogens is 3. The van der Waals surface area contributed by atoms with Crippen molar-refractivity contribution in [2.45, 2.75) is 13.1 Å². The molecule has 3 aromatic heterocycles. The highest BCUT2D eigenvalue weighted by molar-refractivity contribution is 6.12. The molecular weight excluding hydrogens is 569 g/mol. The summed E-state index contributed by atoms with van der Waals surface area (Å²) in [6.07, 6.45) is -0.907. The molecule has 7 heteroatoms. The fourth-order valence-corrected chi connectivity index (χ4v) is 6.57. The van der Waals surface area contributed by atoms with Crippen molar-refractivity contribution < 1.29 is 13.2 Å². The Morgan fingerprint density at radius 1 is 0.622 bits per heavy atom. The number of para-hydroxylation sites is 2. The lowest BCUT2D eigenvalue weighted by atomic mass is 10.0. The van der Waals surface area contributed by atoms with E-state index in [1.165, 1.54) is 12.1 Å². The number of rotatable bonds is 3. The number of halogens is 3. The van der Waals surface area contributed by atoms with E-state index in [2.05, 4.69) is 47.9 Å². The lowest BCUT2D eigenvalue weighted by molar-refractivity contribution is -0.137. The Bertz CT molecular complexity index is 2510. The van der Waals surface area contributed by atoms with Crippen LogP contribution < -0.4 is 0 Å². The number of nitrogens with zero attached hydrogens (tertiary/aromatic N) is 4. The Morgan fingerprint density at radius 2 is 1.20 bits per heavy atom. The predicted molar refractivity (Wildman–Crippen MR) is 173 cm³/mol. The predicted octanol–water partition coefficient (Wildman–Crippen LogP) is 10.1. The van der Waals surface area contributed by atoms with Crippen LogP contribution in [0.25, 0.3) is 66.1 Å². The number of fused-ring (bicyclic) bond motifs is 6. The van der Waals surface area contributed by atoms with Gasteiger partial charge in [-0.15, -0.1) is 0 Å². The third-order valence-corrected chi connectivity index (χ3v) is 8.50. The summed E-state index contributed by atoms with van der Waals surface area (Å²) in [6, 6.07) is 35.6. The average Bonchev–Trinajstić information content (AvgIpc) is 3.56. The van der Waals surface area contributed by atoms with Gasteiger partial charge in [0.25, 0.3) is 0 Å². The zero-order valence-electron chi connectivity index (χ0n) is 24.0. The first kappa shape index (κ1) is 26.7. The van der Waals surface area contributed by atoms with Gasteiger partial charge < -0.3 is 9.13 Å². The molecule has 3 heterocycles. The summed E-state index contributed by atoms with van der Waals surface area (Å²) >= 11 is 0. The van der Waals surface area contributed by atoms with Crippen LogP contribution in [0.5, 0.6) is 0 Å². The van der Waals surface area contributed by atoms with Gasteiger partial charge in [0.2, 0.25) is 0 Å². The van der Waals surface area contributed by atoms with Gasteiger partial charge in [-0.3, -0.25) is 4.98 Å². The smallest absolute Gasteiger partial charge is 0.307 e. The molecule has 0 N–H and O–H groups in total. The lowest BCUT2D eigenvalue weighted by Gasteiger charge is -2.19. The van der Waals surface area contributed by atoms with E-state index in [0.717, 1.165) is 55.8 Å². The summed E-state index contributed by atoms with van der Waals surface area (Å²) in [5.74, 6) is 0. The second kappa shape index (κ2) is 9.83. The van der Waals surface area contributed by atoms with Gasteiger partial charge in [0.1, 0.15) is 0 Å². The van der Waals surface area contributed by atoms with Crippen molar-refractivity contribution in [3.8, 4) is 28.6 Å². The summed E-state index contributed by atoms with van der Waals surface area (Å²) in [5, 5.41) is 13.2. The van der Waals surface area contributed by atoms with E-state index in [0.29, 0.717) is 27.5 Å². The number of alkyl halides is 3. The maximum Gasteiger partial charge on any atom is 0.416 e. The van der Waals surface area contributed by atoms with E-state index in [1.807, 2.05) is 65.4 Å². The van der Waals surface area contributed by atoms with Crippen LogP contribution in [0.15, 0.2) is 122 Å². The molecule has 8 rings (SSSR count). The molecule has 8 aromatic rings. The van der Waals surface area contributed by atoms with E-state index in [-0.39, 0.29) is 0 Å². The molecule has 0 bridgehead atoms. The van der Waals surface area contributed by atoms with Crippen LogP contribution in [0, 0.1) is 18.3 Å². The van der Waals surface area contributed by atoms with Crippen molar-refractivity contribution in [3.05, 3.63) is 138 Å². The van der Waals surface area contributed by atoms with Crippen LogP contribution in [-0.4, -0.2) is 14.1 Å². The first-order valence-corrected chi connectivity index (χ1v) is 14.4. The molecule has 45 heavy (non-hydrogen) atoms. The minimum atomic E-state index is -4.48. The third-order valence-electron chi connectivity index (χ3n) is 8.50. The molecule has 0 saturated carbocycles. The van der Waals surface area contributed by atoms with Crippen molar-refractivity contribution in [2.24, 2.45) is 0 Å². The normalized spacial score (nSPS) is 12.0. The molecule has 4 nitrogen and oxygen atoms in total. The van der Waals surface area contributed by atoms with Crippen LogP contribution in [0.2, 0.25) is 0 Å². The fourth-order valence-electron chi connectivity index (χ4n) is 6.57. The Labute approximate surface area is 255 Å². The van der Waals surface area contributed by atoms with Gasteiger partial charge in [0.05, 0.1) is 63.0 Å². The molecule has 0 fully saturated rings. The molecule has 0 aliphatic carbocycles. The number of hydrogen-bond acceptors (Lipinski definition) is 2. The number of nitriles is 1. The molecule has 0 atom stereocenters. The monoisotopic (exact) mass is 592 g/mol. The Hall–Kier alpha value is -5.87. The summed E-state index contributed by atoms with van der Waals surface area (Å²) in [7, 11) is 0. The van der Waals surface area contributed by atoms with E-state index >= 15 is 0 Å². The van der Waals surface area contributed by atoms with Gasteiger partial charge in [-0.25, -0.2) is 0 Å². The summed E-state index contributed by atoms with van der Waals surface area (Å²) in [4.78, 5) is 4.74. The molecule has 0 unspecified atom stereocenters. The van der Waals surface area contributed by atoms with Crippen LogP contribution in [0.1, 0.15) is 16.7 Å². The average molecular weight is 593 g/mol. The van der Waals surface area contributed by atoms with Crippen LogP contribution in [0.3, 0.4) is 0 Å². The third kappa shape index (κ3) is 4.10. The molecule has 0 saturated heterocycles. The highest BCUT2D eigenvalue weighted by Crippen LogP contribution is 2.42. The highest BCUT2D eigenvalue weighted by Gasteiger charge is 2.31. The van der Waals surface area contributed by atoms with Gasteiger partial charge in [0.15, 0.2) is 0 Å². The summed E-state index contributed by atoms with van der Waals surface area (Å²) in [5.41, 5.74) is 7.36. The topological polar surface area (TPSA) is 46.5 Å². The van der Waals surface area contributed by atoms with Crippen molar-refractivity contribution in [3.63, 3.8) is 0 Å². The molecule has 216 valence electrons. The molecule has 0 spiro atoms. The number of benzene rings is 5. The molecule has 0 aliphatic rings. The first-order chi connectivity index (χ1) is 21.8. The van der Waals surface area contributed by atoms with E-state index in [1.54, 1.807) is 12.3 Å². The zero-order valence-corrected chi connectivity index (χ0v) is 24.0. The van der Waals surface area contributed by atoms with Crippen LogP contribution in [-0.2, 0) is 6.18 Å². The first-order valence-electron chi connectivity index (χ1n) is 14.4. The Kier molecular flexibility index (Phi) is 5.84. The second-order valence-corrected chi connectivity index (χ2v) is 11.2. The highest BCUT2D eigenvalue weighted by atomic mass is 19.4. The van der Waals surface area contributed by atoms with Gasteiger partial charge >= 0.3 is 6.18 Å². The zero-order chi connectivity index (χ0) is 30.9. The number of pyridine rings is 1. The van der Waals surface area contributed by atoms with Crippen molar-refractivity contribution in [2.75, 3.05) is 0 Å². The van der Waals surface area contributed by atoms with Gasteiger partial charge in [0, 0.05) is 27.1 Å². The maximum absolute atomic E-state index is 13.8. The molecular formula is C38H23F3N4. The standard InChI is InChI=1S/C38H23F3N4/c1-23-13-15-33-29(17-23)27-9-2-4-11-31(27)44(33)35-21-43-22-36(37(35)25-8-6-7-24(18-25)20-42)45-32-12-5-3-10-28(32)30-19-26(38(39,40)41)14-16-34(30)45/h2-19,21-22H,1H3. The van der Waals surface area contributed by atoms with Crippen LogP contribution in [0.4, 0.5) is 13.2 Å². The minimum absolute atomic E-state index is 0.495. The van der Waals surface area contributed by atoms with Crippen LogP contribution >= 0.6 is 0 Å². The Morgan fingerprint density at radius 3 is 1.82 bits per heavy atom. The molecule has 0 amide bonds. The number of aryl methyl sites for hydroxylation is 1. The van der Waals surface area contributed by atoms with Crippen molar-refractivity contribution in [1.29, 1.82) is 5.26 Å². The Balaban J connectivity index is 1.54. The summed E-state index contributed by atoms with van der Waals surface area (Å²) in [6.45, 7) is 2.07.